The van der Waals surface area contributed by atoms with E-state index in [0.717, 1.165) is 30.6 Å². The van der Waals surface area contributed by atoms with Crippen molar-refractivity contribution in [1.82, 2.24) is 20.5 Å². The van der Waals surface area contributed by atoms with E-state index >= 15 is 0 Å². The molecule has 6 nitrogen and oxygen atoms in total. The average Bonchev–Trinajstić information content (AvgIpc) is 3.24. The SMILES string of the molecule is CCC(NC(=O)C1CCCC1)c1nnc(-c2ccc(Cl)s2)[nH]c1=O. The van der Waals surface area contributed by atoms with Crippen LogP contribution in [-0.2, 0) is 4.79 Å². The van der Waals surface area contributed by atoms with E-state index in [1.807, 2.05) is 6.92 Å². The molecule has 1 fully saturated rings. The molecule has 1 unspecified atom stereocenters. The lowest BCUT2D eigenvalue weighted by Gasteiger charge is -2.18. The molecular formula is C16H19ClN4O2S. The topological polar surface area (TPSA) is 87.7 Å². The van der Waals surface area contributed by atoms with Gasteiger partial charge in [0.15, 0.2) is 11.5 Å². The average molecular weight is 367 g/mol. The van der Waals surface area contributed by atoms with Crippen molar-refractivity contribution in [3.63, 3.8) is 0 Å². The Labute approximate surface area is 148 Å². The van der Waals surface area contributed by atoms with Crippen LogP contribution in [0.15, 0.2) is 16.9 Å². The van der Waals surface area contributed by atoms with Gasteiger partial charge in [-0.1, -0.05) is 31.4 Å². The lowest BCUT2D eigenvalue weighted by Crippen LogP contribution is -2.36. The van der Waals surface area contributed by atoms with Crippen molar-refractivity contribution >= 4 is 28.8 Å². The van der Waals surface area contributed by atoms with Gasteiger partial charge in [0, 0.05) is 5.92 Å². The molecule has 1 aliphatic carbocycles. The maximum Gasteiger partial charge on any atom is 0.275 e. The normalized spacial score (nSPS) is 16.2. The van der Waals surface area contributed by atoms with Crippen LogP contribution in [-0.4, -0.2) is 21.1 Å². The highest BCUT2D eigenvalue weighted by Gasteiger charge is 2.26. The minimum absolute atomic E-state index is 0.00895. The van der Waals surface area contributed by atoms with Crippen LogP contribution in [0, 0.1) is 5.92 Å². The van der Waals surface area contributed by atoms with Gasteiger partial charge in [0.25, 0.3) is 5.56 Å². The van der Waals surface area contributed by atoms with E-state index in [9.17, 15) is 9.59 Å². The van der Waals surface area contributed by atoms with E-state index < -0.39 is 6.04 Å². The predicted octanol–water partition coefficient (Wildman–Crippen LogP) is 3.30. The van der Waals surface area contributed by atoms with Gasteiger partial charge >= 0.3 is 0 Å². The molecule has 2 aromatic rings. The summed E-state index contributed by atoms with van der Waals surface area (Å²) in [6.45, 7) is 1.91. The van der Waals surface area contributed by atoms with E-state index in [1.54, 1.807) is 12.1 Å². The third-order valence-electron chi connectivity index (χ3n) is 4.31. The van der Waals surface area contributed by atoms with Crippen LogP contribution in [0.1, 0.15) is 50.8 Å². The highest BCUT2D eigenvalue weighted by molar-refractivity contribution is 7.19. The summed E-state index contributed by atoms with van der Waals surface area (Å²) in [6, 6.07) is 3.10. The van der Waals surface area contributed by atoms with E-state index in [4.69, 9.17) is 11.6 Å². The van der Waals surface area contributed by atoms with Gasteiger partial charge in [-0.25, -0.2) is 0 Å². The molecule has 0 radical (unpaired) electrons. The van der Waals surface area contributed by atoms with Crippen molar-refractivity contribution in [2.45, 2.75) is 45.1 Å². The minimum atomic E-state index is -0.421. The molecular weight excluding hydrogens is 348 g/mol. The molecule has 2 heterocycles. The maximum absolute atomic E-state index is 12.4. The first-order chi connectivity index (χ1) is 11.6. The molecule has 0 aromatic carbocycles. The zero-order valence-electron chi connectivity index (χ0n) is 13.3. The number of thiophene rings is 1. The minimum Gasteiger partial charge on any atom is -0.347 e. The fourth-order valence-electron chi connectivity index (χ4n) is 2.97. The molecule has 24 heavy (non-hydrogen) atoms. The number of aromatic nitrogens is 3. The van der Waals surface area contributed by atoms with E-state index in [-0.39, 0.29) is 23.1 Å². The number of rotatable bonds is 5. The summed E-state index contributed by atoms with van der Waals surface area (Å²) >= 11 is 7.22. The molecule has 1 aliphatic rings. The molecule has 1 saturated carbocycles. The molecule has 0 aliphatic heterocycles. The van der Waals surface area contributed by atoms with Gasteiger partial charge in [-0.15, -0.1) is 21.5 Å². The number of aromatic amines is 1. The number of carbonyl (C=O) groups is 1. The third-order valence-corrected chi connectivity index (χ3v) is 5.55. The van der Waals surface area contributed by atoms with Gasteiger partial charge in [0.2, 0.25) is 5.91 Å². The molecule has 0 spiro atoms. The van der Waals surface area contributed by atoms with Crippen molar-refractivity contribution in [2.75, 3.05) is 0 Å². The fraction of sp³-hybridized carbons (Fsp3) is 0.500. The molecule has 2 N–H and O–H groups in total. The molecule has 1 amide bonds. The Morgan fingerprint density at radius 1 is 1.42 bits per heavy atom. The van der Waals surface area contributed by atoms with Gasteiger partial charge < -0.3 is 10.3 Å². The van der Waals surface area contributed by atoms with Gasteiger partial charge in [0.05, 0.1) is 15.3 Å². The molecule has 0 bridgehead atoms. The highest BCUT2D eigenvalue weighted by atomic mass is 35.5. The lowest BCUT2D eigenvalue weighted by atomic mass is 10.1. The standard InChI is InChI=1S/C16H19ClN4O2S/c1-2-10(18-15(22)9-5-3-4-6-9)13-16(23)19-14(21-20-13)11-7-8-12(17)24-11/h7-10H,2-6H2,1H3,(H,18,22)(H,19,21,23). The Balaban J connectivity index is 1.79. The van der Waals surface area contributed by atoms with Crippen molar-refractivity contribution in [1.29, 1.82) is 0 Å². The zero-order chi connectivity index (χ0) is 17.1. The first-order valence-corrected chi connectivity index (χ1v) is 9.31. The van der Waals surface area contributed by atoms with Crippen molar-refractivity contribution in [3.8, 4) is 10.7 Å². The van der Waals surface area contributed by atoms with Crippen molar-refractivity contribution < 1.29 is 4.79 Å². The molecule has 1 atom stereocenters. The fourth-order valence-corrected chi connectivity index (χ4v) is 3.95. The number of hydrogen-bond acceptors (Lipinski definition) is 5. The Morgan fingerprint density at radius 2 is 2.17 bits per heavy atom. The van der Waals surface area contributed by atoms with Crippen LogP contribution in [0.4, 0.5) is 0 Å². The van der Waals surface area contributed by atoms with Gasteiger partial charge in [-0.2, -0.15) is 0 Å². The second-order valence-corrected chi connectivity index (χ2v) is 7.66. The van der Waals surface area contributed by atoms with Crippen LogP contribution < -0.4 is 10.9 Å². The largest absolute Gasteiger partial charge is 0.347 e. The Hall–Kier alpha value is -1.73. The van der Waals surface area contributed by atoms with Crippen molar-refractivity contribution in [3.05, 3.63) is 32.5 Å². The number of nitrogens with one attached hydrogen (secondary N) is 2. The van der Waals surface area contributed by atoms with Gasteiger partial charge in [-0.3, -0.25) is 9.59 Å². The molecule has 2 aromatic heterocycles. The summed E-state index contributed by atoms with van der Waals surface area (Å²) in [4.78, 5) is 28.2. The van der Waals surface area contributed by atoms with Crippen LogP contribution in [0.2, 0.25) is 4.34 Å². The Morgan fingerprint density at radius 3 is 2.75 bits per heavy atom. The highest BCUT2D eigenvalue weighted by Crippen LogP contribution is 2.28. The number of carbonyl (C=O) groups excluding carboxylic acids is 1. The summed E-state index contributed by atoms with van der Waals surface area (Å²) in [5.41, 5.74) is -0.0849. The van der Waals surface area contributed by atoms with Crippen LogP contribution in [0.5, 0.6) is 0 Å². The number of halogens is 1. The number of nitrogens with zero attached hydrogens (tertiary/aromatic N) is 2. The number of hydrogen-bond donors (Lipinski definition) is 2. The Kier molecular flexibility index (Phi) is 5.30. The van der Waals surface area contributed by atoms with Crippen molar-refractivity contribution in [2.24, 2.45) is 5.92 Å². The van der Waals surface area contributed by atoms with E-state index in [2.05, 4.69) is 20.5 Å². The van der Waals surface area contributed by atoms with E-state index in [0.29, 0.717) is 16.6 Å². The number of H-pyrrole nitrogens is 1. The molecule has 128 valence electrons. The summed E-state index contributed by atoms with van der Waals surface area (Å²) in [5.74, 6) is 0.450. The Bertz CT molecular complexity index is 782. The second-order valence-electron chi connectivity index (χ2n) is 5.94. The summed E-state index contributed by atoms with van der Waals surface area (Å²) in [5, 5.41) is 11.1. The molecule has 0 saturated heterocycles. The second kappa shape index (κ2) is 7.44. The maximum atomic E-state index is 12.4. The lowest BCUT2D eigenvalue weighted by molar-refractivity contribution is -0.125. The predicted molar refractivity (Wildman–Crippen MR) is 94.1 cm³/mol. The summed E-state index contributed by atoms with van der Waals surface area (Å²) < 4.78 is 0.618. The molecule has 8 heteroatoms. The van der Waals surface area contributed by atoms with E-state index in [1.165, 1.54) is 11.3 Å². The van der Waals surface area contributed by atoms with Crippen LogP contribution in [0.25, 0.3) is 10.7 Å². The summed E-state index contributed by atoms with van der Waals surface area (Å²) in [6.07, 6.45) is 4.60. The monoisotopic (exact) mass is 366 g/mol. The third kappa shape index (κ3) is 3.67. The molecule has 3 rings (SSSR count). The number of amides is 1. The quantitative estimate of drug-likeness (QED) is 0.849. The smallest absolute Gasteiger partial charge is 0.275 e. The van der Waals surface area contributed by atoms with Gasteiger partial charge in [0.1, 0.15) is 0 Å². The zero-order valence-corrected chi connectivity index (χ0v) is 14.9. The van der Waals surface area contributed by atoms with Gasteiger partial charge in [-0.05, 0) is 31.4 Å². The van der Waals surface area contributed by atoms with Crippen LogP contribution in [0.3, 0.4) is 0 Å². The summed E-state index contributed by atoms with van der Waals surface area (Å²) in [7, 11) is 0. The first kappa shape index (κ1) is 17.1. The van der Waals surface area contributed by atoms with Crippen LogP contribution >= 0.6 is 22.9 Å². The first-order valence-electron chi connectivity index (χ1n) is 8.11.